The monoisotopic (exact) mass is 964 g/mol. The Morgan fingerprint density at radius 1 is 0.315 bits per heavy atom. The minimum absolute atomic E-state index is 0.156. The molecule has 2 aliphatic rings. The Balaban J connectivity index is 1.03. The van der Waals surface area contributed by atoms with Gasteiger partial charge in [-0.3, -0.25) is 0 Å². The van der Waals surface area contributed by atoms with E-state index in [0.717, 1.165) is 78.0 Å². The van der Waals surface area contributed by atoms with Crippen molar-refractivity contribution in [3.05, 3.63) is 223 Å². The molecular weight excluding hydrogens is 928 g/mol. The molecule has 0 radical (unpaired) electrons. The Bertz CT molecular complexity index is 4550. The summed E-state index contributed by atoms with van der Waals surface area (Å²) in [5, 5.41) is 16.3. The first-order chi connectivity index (χ1) is 36.2. The van der Waals surface area contributed by atoms with Crippen LogP contribution in [0.4, 0.5) is 34.1 Å². The number of benzene rings is 11. The predicted octanol–water partition coefficient (Wildman–Crippen LogP) is 17.6. The van der Waals surface area contributed by atoms with Crippen LogP contribution in [0.3, 0.4) is 0 Å². The van der Waals surface area contributed by atoms with Crippen LogP contribution in [0.2, 0.25) is 0 Å². The van der Waals surface area contributed by atoms with Crippen LogP contribution in [0, 0.1) is 0 Å². The summed E-state index contributed by atoms with van der Waals surface area (Å²) in [6.07, 6.45) is 0. The minimum atomic E-state index is -0.156. The van der Waals surface area contributed by atoms with Crippen molar-refractivity contribution in [1.29, 1.82) is 0 Å². The largest absolute Gasteiger partial charge is 0.456 e. The van der Waals surface area contributed by atoms with Crippen LogP contribution in [-0.2, 0) is 0 Å². The summed E-state index contributed by atoms with van der Waals surface area (Å²) in [6, 6.07) is 78.6. The van der Waals surface area contributed by atoms with E-state index in [0.29, 0.717) is 0 Å². The summed E-state index contributed by atoms with van der Waals surface area (Å²) in [7, 11) is 0. The van der Waals surface area contributed by atoms with Gasteiger partial charge in [0, 0.05) is 87.7 Å². The van der Waals surface area contributed by atoms with E-state index in [9.17, 15) is 0 Å². The Kier molecular flexibility index (Phi) is 8.09. The van der Waals surface area contributed by atoms with Crippen LogP contribution in [0.1, 0.15) is 0 Å². The first-order valence-electron chi connectivity index (χ1n) is 24.8. The Morgan fingerprint density at radius 3 is 1.26 bits per heavy atom. The van der Waals surface area contributed by atoms with Gasteiger partial charge in [0.25, 0.3) is 6.71 Å². The molecule has 0 N–H and O–H groups in total. The second kappa shape index (κ2) is 14.8. The SMILES string of the molecule is c1cc2c3c(c1)N(c1ccc4sccc4c1-c1cccc4ccccc14)c1cc4oc5ccccc5c4cc1B3c1cc3c(cc1N2c1ccc2sccc2c1-c1cccc2ccccc12)oc1ccccc13. The van der Waals surface area contributed by atoms with Crippen LogP contribution in [0.15, 0.2) is 232 Å². The maximum absolute atomic E-state index is 6.84. The molecular formula is C66H37BN2O2S2. The van der Waals surface area contributed by atoms with E-state index in [1.54, 1.807) is 22.7 Å². The first-order valence-corrected chi connectivity index (χ1v) is 26.6. The van der Waals surface area contributed by atoms with Crippen molar-refractivity contribution in [2.75, 3.05) is 9.80 Å². The van der Waals surface area contributed by atoms with Crippen LogP contribution in [0.5, 0.6) is 0 Å². The maximum atomic E-state index is 6.84. The fourth-order valence-corrected chi connectivity index (χ4v) is 14.4. The minimum Gasteiger partial charge on any atom is -0.456 e. The number of nitrogens with zero attached hydrogens (tertiary/aromatic N) is 2. The quantitative estimate of drug-likeness (QED) is 0.165. The fraction of sp³-hybridized carbons (Fsp3) is 0. The molecule has 4 aromatic heterocycles. The zero-order chi connectivity index (χ0) is 47.5. The number of para-hydroxylation sites is 2. The zero-order valence-electron chi connectivity index (χ0n) is 39.0. The van der Waals surface area contributed by atoms with Crippen LogP contribution >= 0.6 is 22.7 Å². The Labute approximate surface area is 426 Å². The zero-order valence-corrected chi connectivity index (χ0v) is 40.6. The molecule has 11 aromatic carbocycles. The predicted molar refractivity (Wildman–Crippen MR) is 312 cm³/mol. The Morgan fingerprint density at radius 2 is 0.753 bits per heavy atom. The molecule has 6 heterocycles. The van der Waals surface area contributed by atoms with Crippen LogP contribution < -0.4 is 26.2 Å². The highest BCUT2D eigenvalue weighted by Gasteiger charge is 2.45. The number of anilines is 6. The van der Waals surface area contributed by atoms with Crippen molar-refractivity contribution in [3.8, 4) is 22.3 Å². The van der Waals surface area contributed by atoms with Gasteiger partial charge in [-0.25, -0.2) is 0 Å². The second-order valence-corrected chi connectivity index (χ2v) is 21.4. The molecule has 0 amide bonds. The number of fused-ring (bicyclic) bond motifs is 14. The third kappa shape index (κ3) is 5.50. The average Bonchev–Trinajstić information content (AvgIpc) is 4.27. The van der Waals surface area contributed by atoms with Gasteiger partial charge < -0.3 is 18.6 Å². The third-order valence-corrected chi connectivity index (χ3v) is 17.6. The molecule has 17 rings (SSSR count). The molecule has 0 saturated carbocycles. The Hall–Kier alpha value is -8.88. The van der Waals surface area contributed by atoms with E-state index in [2.05, 4.69) is 233 Å². The summed E-state index contributed by atoms with van der Waals surface area (Å²) in [6.45, 7) is -0.156. The molecule has 0 bridgehead atoms. The average molecular weight is 965 g/mol. The lowest BCUT2D eigenvalue weighted by Gasteiger charge is -2.44. The van der Waals surface area contributed by atoms with Gasteiger partial charge in [-0.15, -0.1) is 22.7 Å². The van der Waals surface area contributed by atoms with Gasteiger partial charge in [0.1, 0.15) is 22.3 Å². The van der Waals surface area contributed by atoms with Crippen molar-refractivity contribution in [2.45, 2.75) is 0 Å². The molecule has 15 aromatic rings. The molecule has 0 unspecified atom stereocenters. The molecule has 4 nitrogen and oxygen atoms in total. The van der Waals surface area contributed by atoms with E-state index in [-0.39, 0.29) is 6.71 Å². The van der Waals surface area contributed by atoms with Gasteiger partial charge in [0.15, 0.2) is 0 Å². The van der Waals surface area contributed by atoms with Crippen molar-refractivity contribution in [2.24, 2.45) is 0 Å². The molecule has 0 spiro atoms. The molecule has 0 aliphatic carbocycles. The van der Waals surface area contributed by atoms with Gasteiger partial charge in [-0.2, -0.15) is 0 Å². The molecule has 0 fully saturated rings. The number of thiophene rings is 2. The summed E-state index contributed by atoms with van der Waals surface area (Å²) < 4.78 is 16.2. The summed E-state index contributed by atoms with van der Waals surface area (Å²) >= 11 is 3.59. The van der Waals surface area contributed by atoms with Crippen molar-refractivity contribution >= 4 is 165 Å². The fourth-order valence-electron chi connectivity index (χ4n) is 12.8. The lowest BCUT2D eigenvalue weighted by molar-refractivity contribution is 0.668. The standard InChI is InChI=1S/C66H37BN2O2S2/c1-3-16-40-38(12-1)14-9-20-44(40)64-46-30-32-72-62(46)28-26-52(64)68-54-22-11-23-55-66(54)67(50-34-48-42-18-5-7-24-58(42)70-60(48)36-56(50)68)51-35-49-43-19-6-8-25-59(43)71-61(49)37-57(51)69(55)53-27-29-63-47(31-33-73-63)65(53)45-21-10-15-39-13-2-4-17-41(39)45/h1-37H. The normalized spacial score (nSPS) is 13.1. The van der Waals surface area contributed by atoms with E-state index >= 15 is 0 Å². The van der Waals surface area contributed by atoms with Crippen LogP contribution in [-0.4, -0.2) is 6.71 Å². The van der Waals surface area contributed by atoms with Crippen molar-refractivity contribution in [3.63, 3.8) is 0 Å². The smallest absolute Gasteiger partial charge is 0.252 e. The van der Waals surface area contributed by atoms with Gasteiger partial charge in [-0.05, 0) is 120 Å². The van der Waals surface area contributed by atoms with Gasteiger partial charge in [0.2, 0.25) is 0 Å². The third-order valence-electron chi connectivity index (χ3n) is 15.8. The molecule has 0 saturated heterocycles. The summed E-state index contributed by atoms with van der Waals surface area (Å²) in [5.41, 5.74) is 18.8. The van der Waals surface area contributed by atoms with Crippen molar-refractivity contribution in [1.82, 2.24) is 0 Å². The highest BCUT2D eigenvalue weighted by molar-refractivity contribution is 7.17. The highest BCUT2D eigenvalue weighted by atomic mass is 32.1. The number of rotatable bonds is 4. The molecule has 338 valence electrons. The lowest BCUT2D eigenvalue weighted by Crippen LogP contribution is -2.61. The highest BCUT2D eigenvalue weighted by Crippen LogP contribution is 2.53. The molecule has 0 atom stereocenters. The molecule has 7 heteroatoms. The van der Waals surface area contributed by atoms with Crippen LogP contribution in [0.25, 0.3) is 108 Å². The maximum Gasteiger partial charge on any atom is 0.252 e. The second-order valence-electron chi connectivity index (χ2n) is 19.5. The molecule has 2 aliphatic heterocycles. The van der Waals surface area contributed by atoms with Gasteiger partial charge in [0.05, 0.1) is 11.4 Å². The lowest BCUT2D eigenvalue weighted by atomic mass is 9.33. The number of hydrogen-bond donors (Lipinski definition) is 0. The number of hydrogen-bond acceptors (Lipinski definition) is 6. The van der Waals surface area contributed by atoms with E-state index < -0.39 is 0 Å². The topological polar surface area (TPSA) is 32.8 Å². The number of furan rings is 2. The van der Waals surface area contributed by atoms with E-state index in [1.807, 2.05) is 0 Å². The van der Waals surface area contributed by atoms with Gasteiger partial charge in [-0.1, -0.05) is 140 Å². The summed E-state index contributed by atoms with van der Waals surface area (Å²) in [5.74, 6) is 0. The molecule has 73 heavy (non-hydrogen) atoms. The van der Waals surface area contributed by atoms with E-state index in [4.69, 9.17) is 8.83 Å². The van der Waals surface area contributed by atoms with Gasteiger partial charge >= 0.3 is 0 Å². The van der Waals surface area contributed by atoms with Crippen molar-refractivity contribution < 1.29 is 8.83 Å². The van der Waals surface area contributed by atoms with E-state index in [1.165, 1.54) is 80.4 Å². The first kappa shape index (κ1) is 39.8. The summed E-state index contributed by atoms with van der Waals surface area (Å²) in [4.78, 5) is 5.13.